The van der Waals surface area contributed by atoms with Crippen molar-refractivity contribution in [1.29, 1.82) is 0 Å². The first-order valence-corrected chi connectivity index (χ1v) is 9.60. The molecular weight excluding hydrogens is 379 g/mol. The summed E-state index contributed by atoms with van der Waals surface area (Å²) in [6.07, 6.45) is 2.26. The van der Waals surface area contributed by atoms with Crippen LogP contribution in [0.2, 0.25) is 10.0 Å². The molecule has 1 N–H and O–H groups in total. The van der Waals surface area contributed by atoms with E-state index in [2.05, 4.69) is 5.32 Å². The highest BCUT2D eigenvalue weighted by molar-refractivity contribution is 7.80. The van der Waals surface area contributed by atoms with E-state index in [-0.39, 0.29) is 11.8 Å². The third kappa shape index (κ3) is 3.37. The summed E-state index contributed by atoms with van der Waals surface area (Å²) in [7, 11) is 0. The first-order chi connectivity index (χ1) is 12.0. The van der Waals surface area contributed by atoms with Gasteiger partial charge in [0.2, 0.25) is 0 Å². The first-order valence-electron chi connectivity index (χ1n) is 8.43. The quantitative estimate of drug-likeness (QED) is 0.747. The molecule has 0 spiro atoms. The van der Waals surface area contributed by atoms with Crippen molar-refractivity contribution in [2.45, 2.75) is 39.2 Å². The minimum atomic E-state index is -0.330. The Balaban J connectivity index is 2.10. The van der Waals surface area contributed by atoms with Gasteiger partial charge < -0.3 is 15.0 Å². The minimum Gasteiger partial charge on any atom is -0.491 e. The standard InChI is InChI=1S/C18H20Cl2N2O2S/c1-3-22-13-6-5-7-14(23)15(13)16(21-18(22)25)10-8-11(19)17(24-4-2)12(20)9-10/h8-9,16H,3-7H2,1-2H3,(H,21,25). The molecule has 0 fully saturated rings. The largest absolute Gasteiger partial charge is 0.491 e. The molecular formula is C18H20Cl2N2O2S. The summed E-state index contributed by atoms with van der Waals surface area (Å²) >= 11 is 18.2. The number of carbonyl (C=O) groups excluding carboxylic acids is 1. The number of hydrogen-bond acceptors (Lipinski definition) is 3. The average molecular weight is 399 g/mol. The van der Waals surface area contributed by atoms with Crippen LogP contribution < -0.4 is 10.1 Å². The molecule has 0 bridgehead atoms. The molecule has 1 aromatic carbocycles. The molecule has 1 aliphatic heterocycles. The Morgan fingerprint density at radius 3 is 2.56 bits per heavy atom. The predicted octanol–water partition coefficient (Wildman–Crippen LogP) is 4.65. The van der Waals surface area contributed by atoms with Gasteiger partial charge in [-0.1, -0.05) is 23.2 Å². The maximum atomic E-state index is 12.7. The third-order valence-electron chi connectivity index (χ3n) is 4.52. The maximum Gasteiger partial charge on any atom is 0.173 e. The van der Waals surface area contributed by atoms with E-state index in [1.54, 1.807) is 12.1 Å². The number of allylic oxidation sites excluding steroid dienone is 1. The second-order valence-electron chi connectivity index (χ2n) is 6.01. The van der Waals surface area contributed by atoms with Crippen LogP contribution in [0.25, 0.3) is 0 Å². The van der Waals surface area contributed by atoms with Crippen LogP contribution in [0.15, 0.2) is 23.4 Å². The van der Waals surface area contributed by atoms with Gasteiger partial charge in [-0.15, -0.1) is 0 Å². The van der Waals surface area contributed by atoms with Crippen molar-refractivity contribution >= 4 is 46.3 Å². The van der Waals surface area contributed by atoms with Crippen LogP contribution in [-0.2, 0) is 4.79 Å². The molecule has 25 heavy (non-hydrogen) atoms. The Hall–Kier alpha value is -1.30. The van der Waals surface area contributed by atoms with Gasteiger partial charge in [-0.2, -0.15) is 0 Å². The van der Waals surface area contributed by atoms with Crippen molar-refractivity contribution < 1.29 is 9.53 Å². The van der Waals surface area contributed by atoms with E-state index in [9.17, 15) is 4.79 Å². The lowest BCUT2D eigenvalue weighted by Gasteiger charge is -2.40. The summed E-state index contributed by atoms with van der Waals surface area (Å²) in [6.45, 7) is 5.11. The van der Waals surface area contributed by atoms with Crippen LogP contribution in [0.5, 0.6) is 5.75 Å². The molecule has 1 unspecified atom stereocenters. The number of Topliss-reactive ketones (excluding diaryl/α,β-unsaturated/α-hetero) is 1. The van der Waals surface area contributed by atoms with Crippen LogP contribution in [0.3, 0.4) is 0 Å². The number of ketones is 1. The molecule has 1 heterocycles. The Morgan fingerprint density at radius 2 is 1.96 bits per heavy atom. The summed E-state index contributed by atoms with van der Waals surface area (Å²) < 4.78 is 5.50. The highest BCUT2D eigenvalue weighted by Gasteiger charge is 2.37. The predicted molar refractivity (Wildman–Crippen MR) is 104 cm³/mol. The normalized spacial score (nSPS) is 20.5. The maximum absolute atomic E-state index is 12.7. The summed E-state index contributed by atoms with van der Waals surface area (Å²) in [5.41, 5.74) is 2.62. The Kier molecular flexibility index (Phi) is 5.56. The lowest BCUT2D eigenvalue weighted by Crippen LogP contribution is -2.49. The Bertz CT molecular complexity index is 740. The van der Waals surface area contributed by atoms with Gasteiger partial charge in [-0.25, -0.2) is 0 Å². The molecule has 0 saturated carbocycles. The van der Waals surface area contributed by atoms with Crippen molar-refractivity contribution in [1.82, 2.24) is 10.2 Å². The fraction of sp³-hybridized carbons (Fsp3) is 0.444. The van der Waals surface area contributed by atoms with Gasteiger partial charge in [0, 0.05) is 24.2 Å². The average Bonchev–Trinajstić information content (AvgIpc) is 2.57. The fourth-order valence-electron chi connectivity index (χ4n) is 3.46. The summed E-state index contributed by atoms with van der Waals surface area (Å²) in [4.78, 5) is 14.7. The monoisotopic (exact) mass is 398 g/mol. The SMILES string of the molecule is CCOc1c(Cl)cc(C2NC(=S)N(CC)C3=C2C(=O)CCC3)cc1Cl. The smallest absolute Gasteiger partial charge is 0.173 e. The van der Waals surface area contributed by atoms with Crippen LogP contribution >= 0.6 is 35.4 Å². The van der Waals surface area contributed by atoms with Gasteiger partial charge in [0.05, 0.1) is 22.7 Å². The highest BCUT2D eigenvalue weighted by atomic mass is 35.5. The van der Waals surface area contributed by atoms with Crippen molar-refractivity contribution in [3.63, 3.8) is 0 Å². The van der Waals surface area contributed by atoms with Crippen LogP contribution in [0.1, 0.15) is 44.7 Å². The molecule has 0 aromatic heterocycles. The van der Waals surface area contributed by atoms with E-state index in [0.717, 1.165) is 36.2 Å². The molecule has 7 heteroatoms. The van der Waals surface area contributed by atoms with Crippen LogP contribution in [-0.4, -0.2) is 28.9 Å². The number of nitrogens with zero attached hydrogens (tertiary/aromatic N) is 1. The number of nitrogens with one attached hydrogen (secondary N) is 1. The molecule has 0 amide bonds. The van der Waals surface area contributed by atoms with Crippen molar-refractivity contribution in [2.75, 3.05) is 13.2 Å². The molecule has 1 aromatic rings. The van der Waals surface area contributed by atoms with Crippen molar-refractivity contribution in [3.8, 4) is 5.75 Å². The molecule has 1 aliphatic carbocycles. The van der Waals surface area contributed by atoms with Crippen LogP contribution in [0, 0.1) is 0 Å². The number of hydrogen-bond donors (Lipinski definition) is 1. The third-order valence-corrected chi connectivity index (χ3v) is 5.41. The molecule has 0 saturated heterocycles. The zero-order chi connectivity index (χ0) is 18.1. The van der Waals surface area contributed by atoms with E-state index < -0.39 is 0 Å². The van der Waals surface area contributed by atoms with Gasteiger partial charge in [-0.05, 0) is 56.6 Å². The molecule has 1 atom stereocenters. The topological polar surface area (TPSA) is 41.6 Å². The number of ether oxygens (including phenoxy) is 1. The van der Waals surface area contributed by atoms with E-state index in [1.807, 2.05) is 18.7 Å². The molecule has 134 valence electrons. The van der Waals surface area contributed by atoms with Crippen molar-refractivity contribution in [3.05, 3.63) is 39.0 Å². The Morgan fingerprint density at radius 1 is 1.28 bits per heavy atom. The first kappa shape index (κ1) is 18.5. The zero-order valence-corrected chi connectivity index (χ0v) is 16.5. The number of halogens is 2. The van der Waals surface area contributed by atoms with Crippen molar-refractivity contribution in [2.24, 2.45) is 0 Å². The second kappa shape index (κ2) is 7.52. The number of rotatable bonds is 4. The number of benzene rings is 1. The molecule has 4 nitrogen and oxygen atoms in total. The van der Waals surface area contributed by atoms with E-state index in [1.165, 1.54) is 0 Å². The minimum absolute atomic E-state index is 0.154. The van der Waals surface area contributed by atoms with Gasteiger partial charge in [0.15, 0.2) is 16.6 Å². The second-order valence-corrected chi connectivity index (χ2v) is 7.21. The lowest BCUT2D eigenvalue weighted by molar-refractivity contribution is -0.116. The van der Waals surface area contributed by atoms with Gasteiger partial charge in [0.25, 0.3) is 0 Å². The van der Waals surface area contributed by atoms with Gasteiger partial charge in [-0.3, -0.25) is 4.79 Å². The Labute approximate surface area is 163 Å². The summed E-state index contributed by atoms with van der Waals surface area (Å²) in [6, 6.07) is 3.27. The van der Waals surface area contributed by atoms with E-state index in [0.29, 0.717) is 33.9 Å². The summed E-state index contributed by atoms with van der Waals surface area (Å²) in [5, 5.41) is 4.78. The lowest BCUT2D eigenvalue weighted by atomic mass is 9.85. The van der Waals surface area contributed by atoms with E-state index in [4.69, 9.17) is 40.2 Å². The van der Waals surface area contributed by atoms with Crippen LogP contribution in [0.4, 0.5) is 0 Å². The zero-order valence-electron chi connectivity index (χ0n) is 14.2. The summed E-state index contributed by atoms with van der Waals surface area (Å²) in [5.74, 6) is 0.619. The molecule has 3 rings (SSSR count). The van der Waals surface area contributed by atoms with Gasteiger partial charge in [0.1, 0.15) is 0 Å². The highest BCUT2D eigenvalue weighted by Crippen LogP contribution is 2.41. The molecule has 0 radical (unpaired) electrons. The molecule has 2 aliphatic rings. The number of thiocarbonyl (C=S) groups is 1. The van der Waals surface area contributed by atoms with Gasteiger partial charge >= 0.3 is 0 Å². The fourth-order valence-corrected chi connectivity index (χ4v) is 4.43. The number of carbonyl (C=O) groups is 1. The van der Waals surface area contributed by atoms with E-state index >= 15 is 0 Å².